The maximum Gasteiger partial charge on any atom is 0.345 e. The third-order valence-corrected chi connectivity index (χ3v) is 4.45. The molecule has 0 atom stereocenters. The monoisotopic (exact) mass is 367 g/mol. The average molecular weight is 367 g/mol. The molecule has 0 aliphatic rings. The lowest BCUT2D eigenvalue weighted by Gasteiger charge is -2.10. The van der Waals surface area contributed by atoms with Crippen LogP contribution in [0.1, 0.15) is 32.6 Å². The second-order valence-corrected chi connectivity index (χ2v) is 6.33. The molecule has 0 saturated heterocycles. The minimum Gasteiger partial charge on any atom is -0.457 e. The molecule has 7 heteroatoms. The Morgan fingerprint density at radius 1 is 1.11 bits per heavy atom. The fourth-order valence-corrected chi connectivity index (χ4v) is 2.89. The van der Waals surface area contributed by atoms with Gasteiger partial charge in [-0.1, -0.05) is 12.1 Å². The number of fused-ring (bicyclic) bond motifs is 1. The number of rotatable bonds is 4. The number of nitro benzene ring substituents is 1. The molecule has 3 rings (SSSR count). The summed E-state index contributed by atoms with van der Waals surface area (Å²) in [5.41, 5.74) is 2.32. The summed E-state index contributed by atoms with van der Waals surface area (Å²) in [5.74, 6) is -0.815. The molecule has 0 aliphatic heterocycles. The topological polar surface area (TPSA) is 99.7 Å². The van der Waals surface area contributed by atoms with Crippen LogP contribution in [-0.2, 0) is 11.3 Å². The lowest BCUT2D eigenvalue weighted by atomic mass is 10.0. The van der Waals surface area contributed by atoms with Crippen LogP contribution in [0.25, 0.3) is 11.0 Å². The second kappa shape index (κ2) is 7.03. The number of esters is 1. The number of ether oxygens (including phenoxy) is 1. The summed E-state index contributed by atoms with van der Waals surface area (Å²) in [4.78, 5) is 34.9. The number of nitro groups is 1. The van der Waals surface area contributed by atoms with Crippen molar-refractivity contribution in [3.05, 3.63) is 84.7 Å². The van der Waals surface area contributed by atoms with Crippen LogP contribution in [0.2, 0.25) is 0 Å². The molecule has 0 amide bonds. The fourth-order valence-electron chi connectivity index (χ4n) is 2.89. The van der Waals surface area contributed by atoms with Gasteiger partial charge < -0.3 is 9.15 Å². The molecule has 3 aromatic rings. The molecule has 2 aromatic carbocycles. The Morgan fingerprint density at radius 2 is 1.81 bits per heavy atom. The van der Waals surface area contributed by atoms with Gasteiger partial charge in [-0.2, -0.15) is 0 Å². The first-order chi connectivity index (χ1) is 12.8. The molecule has 0 saturated carbocycles. The molecule has 27 heavy (non-hydrogen) atoms. The van der Waals surface area contributed by atoms with Gasteiger partial charge in [0.25, 0.3) is 5.69 Å². The summed E-state index contributed by atoms with van der Waals surface area (Å²) in [7, 11) is 0. The van der Waals surface area contributed by atoms with Crippen molar-refractivity contribution >= 4 is 22.6 Å². The summed E-state index contributed by atoms with van der Waals surface area (Å²) in [6.07, 6.45) is 0. The van der Waals surface area contributed by atoms with E-state index in [0.29, 0.717) is 22.1 Å². The zero-order chi connectivity index (χ0) is 19.7. The van der Waals surface area contributed by atoms with Gasteiger partial charge in [-0.05, 0) is 49.6 Å². The highest BCUT2D eigenvalue weighted by Gasteiger charge is 2.23. The Kier molecular flexibility index (Phi) is 4.77. The van der Waals surface area contributed by atoms with E-state index in [1.165, 1.54) is 18.2 Å². The predicted molar refractivity (Wildman–Crippen MR) is 98.9 cm³/mol. The number of hydrogen-bond donors (Lipinski definition) is 0. The minimum absolute atomic E-state index is 0.0956. The Balaban J connectivity index is 1.96. The summed E-state index contributed by atoms with van der Waals surface area (Å²) < 4.78 is 10.5. The van der Waals surface area contributed by atoms with Crippen molar-refractivity contribution in [1.29, 1.82) is 0 Å². The SMILES string of the molecule is Cc1cc2oc(=O)cc(COC(=O)c3c(C)cccc3[N+](=O)[O-])c2cc1C. The Labute approximate surface area is 154 Å². The maximum atomic E-state index is 12.5. The van der Waals surface area contributed by atoms with Gasteiger partial charge in [0, 0.05) is 23.1 Å². The molecule has 0 spiro atoms. The van der Waals surface area contributed by atoms with E-state index < -0.39 is 16.5 Å². The molecule has 0 N–H and O–H groups in total. The summed E-state index contributed by atoms with van der Waals surface area (Å²) in [6, 6.07) is 9.23. The first kappa shape index (κ1) is 18.3. The van der Waals surface area contributed by atoms with Crippen LogP contribution < -0.4 is 5.63 Å². The Bertz CT molecular complexity index is 1130. The first-order valence-electron chi connectivity index (χ1n) is 8.23. The van der Waals surface area contributed by atoms with E-state index in [1.54, 1.807) is 19.1 Å². The molecule has 7 nitrogen and oxygen atoms in total. The highest BCUT2D eigenvalue weighted by atomic mass is 16.6. The van der Waals surface area contributed by atoms with E-state index in [4.69, 9.17) is 9.15 Å². The van der Waals surface area contributed by atoms with Crippen molar-refractivity contribution < 1.29 is 18.9 Å². The Hall–Kier alpha value is -3.48. The maximum absolute atomic E-state index is 12.5. The van der Waals surface area contributed by atoms with Crippen molar-refractivity contribution in [1.82, 2.24) is 0 Å². The van der Waals surface area contributed by atoms with E-state index in [-0.39, 0.29) is 17.9 Å². The number of carbonyl (C=O) groups is 1. The third kappa shape index (κ3) is 3.57. The molecule has 1 heterocycles. The molecule has 1 aromatic heterocycles. The molecule has 0 aliphatic carbocycles. The Morgan fingerprint density at radius 3 is 2.52 bits per heavy atom. The van der Waals surface area contributed by atoms with Crippen LogP contribution >= 0.6 is 0 Å². The molecule has 0 bridgehead atoms. The van der Waals surface area contributed by atoms with Crippen LogP contribution in [0.3, 0.4) is 0 Å². The summed E-state index contributed by atoms with van der Waals surface area (Å²) in [6.45, 7) is 5.22. The van der Waals surface area contributed by atoms with E-state index in [2.05, 4.69) is 0 Å². The van der Waals surface area contributed by atoms with Gasteiger partial charge in [0.1, 0.15) is 17.8 Å². The highest BCUT2D eigenvalue weighted by Crippen LogP contribution is 2.25. The summed E-state index contributed by atoms with van der Waals surface area (Å²) in [5, 5.41) is 11.8. The third-order valence-electron chi connectivity index (χ3n) is 4.45. The van der Waals surface area contributed by atoms with Crippen LogP contribution in [0.15, 0.2) is 45.6 Å². The van der Waals surface area contributed by atoms with Crippen molar-refractivity contribution in [3.63, 3.8) is 0 Å². The minimum atomic E-state index is -0.815. The van der Waals surface area contributed by atoms with E-state index in [0.717, 1.165) is 11.1 Å². The van der Waals surface area contributed by atoms with Gasteiger partial charge in [-0.15, -0.1) is 0 Å². The van der Waals surface area contributed by atoms with Crippen LogP contribution in [0, 0.1) is 30.9 Å². The molecule has 0 unspecified atom stereocenters. The average Bonchev–Trinajstić information content (AvgIpc) is 2.60. The summed E-state index contributed by atoms with van der Waals surface area (Å²) >= 11 is 0. The van der Waals surface area contributed by atoms with Gasteiger partial charge in [0.15, 0.2) is 0 Å². The van der Waals surface area contributed by atoms with Gasteiger partial charge >= 0.3 is 11.6 Å². The molecule has 0 radical (unpaired) electrons. The van der Waals surface area contributed by atoms with E-state index in [1.807, 2.05) is 19.9 Å². The largest absolute Gasteiger partial charge is 0.457 e. The van der Waals surface area contributed by atoms with Crippen molar-refractivity contribution in [3.8, 4) is 0 Å². The molecule has 138 valence electrons. The first-order valence-corrected chi connectivity index (χ1v) is 8.23. The number of nitrogens with zero attached hydrogens (tertiary/aromatic N) is 1. The van der Waals surface area contributed by atoms with Crippen LogP contribution in [-0.4, -0.2) is 10.9 Å². The van der Waals surface area contributed by atoms with Gasteiger partial charge in [0.2, 0.25) is 0 Å². The molecular formula is C20H17NO6. The number of hydrogen-bond acceptors (Lipinski definition) is 6. The quantitative estimate of drug-likeness (QED) is 0.299. The van der Waals surface area contributed by atoms with Crippen LogP contribution in [0.5, 0.6) is 0 Å². The molecule has 0 fully saturated rings. The smallest absolute Gasteiger partial charge is 0.345 e. The normalized spacial score (nSPS) is 10.8. The van der Waals surface area contributed by atoms with Crippen molar-refractivity contribution in [2.24, 2.45) is 0 Å². The lowest BCUT2D eigenvalue weighted by molar-refractivity contribution is -0.385. The number of benzene rings is 2. The van der Waals surface area contributed by atoms with E-state index >= 15 is 0 Å². The van der Waals surface area contributed by atoms with Crippen LogP contribution in [0.4, 0.5) is 5.69 Å². The van der Waals surface area contributed by atoms with Crippen molar-refractivity contribution in [2.45, 2.75) is 27.4 Å². The zero-order valence-corrected chi connectivity index (χ0v) is 15.1. The second-order valence-electron chi connectivity index (χ2n) is 6.33. The van der Waals surface area contributed by atoms with Gasteiger partial charge in [-0.25, -0.2) is 9.59 Å². The van der Waals surface area contributed by atoms with Crippen molar-refractivity contribution in [2.75, 3.05) is 0 Å². The predicted octanol–water partition coefficient (Wildman–Crippen LogP) is 3.98. The highest BCUT2D eigenvalue weighted by molar-refractivity contribution is 5.95. The number of aryl methyl sites for hydroxylation is 3. The molecular weight excluding hydrogens is 350 g/mol. The fraction of sp³-hybridized carbons (Fsp3) is 0.200. The zero-order valence-electron chi connectivity index (χ0n) is 15.1. The van der Waals surface area contributed by atoms with E-state index in [9.17, 15) is 19.7 Å². The lowest BCUT2D eigenvalue weighted by Crippen LogP contribution is -2.11. The number of carbonyl (C=O) groups excluding carboxylic acids is 1. The van der Waals surface area contributed by atoms with Gasteiger partial charge in [0.05, 0.1) is 4.92 Å². The van der Waals surface area contributed by atoms with Gasteiger partial charge in [-0.3, -0.25) is 10.1 Å². The standard InChI is InChI=1S/C20H17NO6/c1-11-5-4-6-16(21(24)25)19(11)20(23)26-10-14-9-18(22)27-17-8-13(3)12(2)7-15(14)17/h4-9H,10H2,1-3H3.